The molecule has 0 saturated heterocycles. The number of amides is 1. The van der Waals surface area contributed by atoms with Crippen molar-refractivity contribution >= 4 is 33.0 Å². The first-order chi connectivity index (χ1) is 13.4. The van der Waals surface area contributed by atoms with Crippen molar-refractivity contribution in [2.24, 2.45) is 0 Å². The predicted octanol–water partition coefficient (Wildman–Crippen LogP) is 4.03. The summed E-state index contributed by atoms with van der Waals surface area (Å²) in [5, 5.41) is 4.27. The second-order valence-electron chi connectivity index (χ2n) is 6.20. The Balaban J connectivity index is 1.84. The SMILES string of the molecule is Cc1ccc(F)cc1NC(=O)CN(Cc1ccccc1)S(=O)(=O)c1cccs1. The number of benzene rings is 2. The highest BCUT2D eigenvalue weighted by Gasteiger charge is 2.28. The van der Waals surface area contributed by atoms with Crippen molar-refractivity contribution < 1.29 is 17.6 Å². The van der Waals surface area contributed by atoms with E-state index in [0.29, 0.717) is 11.3 Å². The minimum Gasteiger partial charge on any atom is -0.325 e. The van der Waals surface area contributed by atoms with Crippen molar-refractivity contribution in [3.05, 3.63) is 83.0 Å². The number of anilines is 1. The van der Waals surface area contributed by atoms with Gasteiger partial charge in [0.1, 0.15) is 10.0 Å². The van der Waals surface area contributed by atoms with E-state index in [1.807, 2.05) is 6.07 Å². The van der Waals surface area contributed by atoms with Crippen LogP contribution in [0, 0.1) is 12.7 Å². The Labute approximate surface area is 167 Å². The van der Waals surface area contributed by atoms with Gasteiger partial charge in [0, 0.05) is 12.2 Å². The van der Waals surface area contributed by atoms with Crippen molar-refractivity contribution in [2.45, 2.75) is 17.7 Å². The third kappa shape index (κ3) is 4.83. The lowest BCUT2D eigenvalue weighted by atomic mass is 10.2. The van der Waals surface area contributed by atoms with Crippen LogP contribution < -0.4 is 5.32 Å². The number of hydrogen-bond acceptors (Lipinski definition) is 4. The Morgan fingerprint density at radius 1 is 1.11 bits per heavy atom. The Morgan fingerprint density at radius 2 is 1.86 bits per heavy atom. The van der Waals surface area contributed by atoms with Crippen molar-refractivity contribution in [1.29, 1.82) is 0 Å². The van der Waals surface area contributed by atoms with E-state index in [0.717, 1.165) is 21.2 Å². The number of thiophene rings is 1. The first-order valence-corrected chi connectivity index (χ1v) is 10.8. The number of sulfonamides is 1. The number of hydrogen-bond donors (Lipinski definition) is 1. The van der Waals surface area contributed by atoms with Gasteiger partial charge in [-0.25, -0.2) is 12.8 Å². The highest BCUT2D eigenvalue weighted by atomic mass is 32.2. The highest BCUT2D eigenvalue weighted by molar-refractivity contribution is 7.91. The number of carbonyl (C=O) groups excluding carboxylic acids is 1. The van der Waals surface area contributed by atoms with Crippen LogP contribution in [0.2, 0.25) is 0 Å². The fourth-order valence-corrected chi connectivity index (χ4v) is 5.16. The molecule has 0 aliphatic carbocycles. The second-order valence-corrected chi connectivity index (χ2v) is 9.31. The largest absolute Gasteiger partial charge is 0.325 e. The van der Waals surface area contributed by atoms with Crippen LogP contribution in [0.3, 0.4) is 0 Å². The summed E-state index contributed by atoms with van der Waals surface area (Å²) in [6, 6.07) is 16.3. The van der Waals surface area contributed by atoms with Crippen LogP contribution >= 0.6 is 11.3 Å². The number of rotatable bonds is 7. The van der Waals surface area contributed by atoms with E-state index < -0.39 is 21.7 Å². The molecule has 1 N–H and O–H groups in total. The maximum Gasteiger partial charge on any atom is 0.253 e. The van der Waals surface area contributed by atoms with Gasteiger partial charge >= 0.3 is 0 Å². The Kier molecular flexibility index (Phi) is 6.23. The van der Waals surface area contributed by atoms with Crippen LogP contribution in [-0.2, 0) is 21.4 Å². The molecule has 0 spiro atoms. The van der Waals surface area contributed by atoms with Crippen molar-refractivity contribution in [3.8, 4) is 0 Å². The molecule has 0 bridgehead atoms. The van der Waals surface area contributed by atoms with Crippen LogP contribution in [0.15, 0.2) is 70.3 Å². The fourth-order valence-electron chi connectivity index (χ4n) is 2.63. The summed E-state index contributed by atoms with van der Waals surface area (Å²) < 4.78 is 40.8. The monoisotopic (exact) mass is 418 g/mol. The third-order valence-electron chi connectivity index (χ3n) is 4.08. The molecule has 0 saturated carbocycles. The second kappa shape index (κ2) is 8.64. The lowest BCUT2D eigenvalue weighted by Crippen LogP contribution is -2.37. The molecule has 0 radical (unpaired) electrons. The van der Waals surface area contributed by atoms with E-state index in [-0.39, 0.29) is 17.3 Å². The van der Waals surface area contributed by atoms with Crippen molar-refractivity contribution in [2.75, 3.05) is 11.9 Å². The topological polar surface area (TPSA) is 66.5 Å². The zero-order valence-corrected chi connectivity index (χ0v) is 16.8. The fraction of sp³-hybridized carbons (Fsp3) is 0.150. The zero-order chi connectivity index (χ0) is 20.1. The van der Waals surface area contributed by atoms with Gasteiger partial charge in [0.05, 0.1) is 6.54 Å². The van der Waals surface area contributed by atoms with E-state index in [4.69, 9.17) is 0 Å². The molecule has 1 heterocycles. The third-order valence-corrected chi connectivity index (χ3v) is 7.25. The lowest BCUT2D eigenvalue weighted by Gasteiger charge is -2.21. The molecule has 3 rings (SSSR count). The number of halogens is 1. The molecule has 0 aliphatic rings. The number of nitrogens with one attached hydrogen (secondary N) is 1. The first-order valence-electron chi connectivity index (χ1n) is 8.50. The Bertz CT molecular complexity index is 1050. The average Bonchev–Trinajstić information content (AvgIpc) is 3.21. The van der Waals surface area contributed by atoms with Gasteiger partial charge in [-0.15, -0.1) is 11.3 Å². The molecule has 3 aromatic rings. The number of aryl methyl sites for hydroxylation is 1. The molecule has 2 aromatic carbocycles. The summed E-state index contributed by atoms with van der Waals surface area (Å²) >= 11 is 1.09. The summed E-state index contributed by atoms with van der Waals surface area (Å²) in [6.45, 7) is 1.40. The first kappa shape index (κ1) is 20.2. The predicted molar refractivity (Wildman–Crippen MR) is 108 cm³/mol. The van der Waals surface area contributed by atoms with Crippen LogP contribution in [-0.4, -0.2) is 25.2 Å². The molecule has 0 atom stereocenters. The molecule has 1 amide bonds. The minimum atomic E-state index is -3.84. The maximum absolute atomic E-state index is 13.5. The van der Waals surface area contributed by atoms with E-state index in [1.54, 1.807) is 48.7 Å². The molecular weight excluding hydrogens is 399 g/mol. The van der Waals surface area contributed by atoms with E-state index >= 15 is 0 Å². The van der Waals surface area contributed by atoms with Gasteiger partial charge in [-0.3, -0.25) is 4.79 Å². The normalized spacial score (nSPS) is 11.5. The average molecular weight is 419 g/mol. The summed E-state index contributed by atoms with van der Waals surface area (Å²) in [7, 11) is -3.84. The zero-order valence-electron chi connectivity index (χ0n) is 15.1. The molecule has 0 fully saturated rings. The van der Waals surface area contributed by atoms with Gasteiger partial charge < -0.3 is 5.32 Å². The minimum absolute atomic E-state index is 0.0522. The van der Waals surface area contributed by atoms with E-state index in [1.165, 1.54) is 18.2 Å². The molecule has 28 heavy (non-hydrogen) atoms. The van der Waals surface area contributed by atoms with E-state index in [2.05, 4.69) is 5.32 Å². The maximum atomic E-state index is 13.5. The van der Waals surface area contributed by atoms with Crippen LogP contribution in [0.25, 0.3) is 0 Å². The van der Waals surface area contributed by atoms with E-state index in [9.17, 15) is 17.6 Å². The smallest absolute Gasteiger partial charge is 0.253 e. The number of nitrogens with zero attached hydrogens (tertiary/aromatic N) is 1. The van der Waals surface area contributed by atoms with Gasteiger partial charge in [-0.1, -0.05) is 42.5 Å². The van der Waals surface area contributed by atoms with Gasteiger partial charge in [0.15, 0.2) is 0 Å². The van der Waals surface area contributed by atoms with Crippen LogP contribution in [0.1, 0.15) is 11.1 Å². The highest BCUT2D eigenvalue weighted by Crippen LogP contribution is 2.23. The standard InChI is InChI=1S/C20H19FN2O3S2/c1-15-9-10-17(21)12-18(15)22-19(24)14-23(13-16-6-3-2-4-7-16)28(25,26)20-8-5-11-27-20/h2-12H,13-14H2,1H3,(H,22,24). The molecular formula is C20H19FN2O3S2. The Hall–Kier alpha value is -2.55. The quantitative estimate of drug-likeness (QED) is 0.630. The molecule has 5 nitrogen and oxygen atoms in total. The molecule has 8 heteroatoms. The van der Waals surface area contributed by atoms with Gasteiger partial charge in [-0.2, -0.15) is 4.31 Å². The summed E-state index contributed by atoms with van der Waals surface area (Å²) in [4.78, 5) is 12.6. The molecule has 0 unspecified atom stereocenters. The summed E-state index contributed by atoms with van der Waals surface area (Å²) in [5.41, 5.74) is 1.76. The Morgan fingerprint density at radius 3 is 2.54 bits per heavy atom. The molecule has 1 aromatic heterocycles. The number of carbonyl (C=O) groups is 1. The van der Waals surface area contributed by atoms with Gasteiger partial charge in [-0.05, 0) is 41.6 Å². The molecule has 0 aliphatic heterocycles. The van der Waals surface area contributed by atoms with Crippen LogP contribution in [0.4, 0.5) is 10.1 Å². The van der Waals surface area contributed by atoms with Crippen molar-refractivity contribution in [3.63, 3.8) is 0 Å². The van der Waals surface area contributed by atoms with Crippen molar-refractivity contribution in [1.82, 2.24) is 4.31 Å². The van der Waals surface area contributed by atoms with Crippen LogP contribution in [0.5, 0.6) is 0 Å². The van der Waals surface area contributed by atoms with Gasteiger partial charge in [0.25, 0.3) is 10.0 Å². The lowest BCUT2D eigenvalue weighted by molar-refractivity contribution is -0.116. The summed E-state index contributed by atoms with van der Waals surface area (Å²) in [5.74, 6) is -1.02. The van der Waals surface area contributed by atoms with Gasteiger partial charge in [0.2, 0.25) is 5.91 Å². The summed E-state index contributed by atoms with van der Waals surface area (Å²) in [6.07, 6.45) is 0. The molecule has 146 valence electrons.